The van der Waals surface area contributed by atoms with E-state index in [0.29, 0.717) is 5.82 Å². The number of benzene rings is 1. The Balaban J connectivity index is 2.55. The van der Waals surface area contributed by atoms with Gasteiger partial charge in [-0.15, -0.1) is 16.7 Å². The minimum atomic E-state index is 0.287. The van der Waals surface area contributed by atoms with Crippen LogP contribution in [0.2, 0.25) is 0 Å². The average molecular weight is 286 g/mol. The van der Waals surface area contributed by atoms with Crippen LogP contribution in [0.25, 0.3) is 17.1 Å². The van der Waals surface area contributed by atoms with Crippen molar-refractivity contribution in [3.8, 4) is 11.4 Å². The molecule has 1 aromatic heterocycles. The minimum absolute atomic E-state index is 0.287. The SMILES string of the molecule is C=C/C=C\C(=C/C)n1nc(CCl)nc1-c1ccccc1. The van der Waals surface area contributed by atoms with Crippen molar-refractivity contribution >= 4 is 17.3 Å². The lowest BCUT2D eigenvalue weighted by atomic mass is 10.2. The third-order valence-electron chi connectivity index (χ3n) is 2.75. The number of allylic oxidation sites excluding steroid dienone is 5. The van der Waals surface area contributed by atoms with Crippen molar-refractivity contribution in [1.29, 1.82) is 0 Å². The molecule has 0 aliphatic heterocycles. The maximum absolute atomic E-state index is 5.86. The summed E-state index contributed by atoms with van der Waals surface area (Å²) in [6.07, 6.45) is 7.50. The summed E-state index contributed by atoms with van der Waals surface area (Å²) < 4.78 is 1.80. The van der Waals surface area contributed by atoms with Crippen molar-refractivity contribution in [3.05, 3.63) is 67.0 Å². The molecular weight excluding hydrogens is 270 g/mol. The third-order valence-corrected chi connectivity index (χ3v) is 2.98. The van der Waals surface area contributed by atoms with Gasteiger partial charge in [0.2, 0.25) is 0 Å². The average Bonchev–Trinajstić information content (AvgIpc) is 2.93. The van der Waals surface area contributed by atoms with Crippen molar-refractivity contribution in [2.75, 3.05) is 0 Å². The quantitative estimate of drug-likeness (QED) is 0.606. The first-order valence-corrected chi connectivity index (χ1v) is 6.86. The molecular formula is C16H16ClN3. The molecule has 0 saturated heterocycles. The summed E-state index contributed by atoms with van der Waals surface area (Å²) in [5.74, 6) is 1.68. The third kappa shape index (κ3) is 3.06. The maximum atomic E-state index is 5.86. The van der Waals surface area contributed by atoms with E-state index in [1.165, 1.54) is 0 Å². The van der Waals surface area contributed by atoms with Gasteiger partial charge in [-0.25, -0.2) is 9.67 Å². The highest BCUT2D eigenvalue weighted by atomic mass is 35.5. The lowest BCUT2D eigenvalue weighted by molar-refractivity contribution is 0.889. The molecule has 0 aliphatic rings. The Kier molecular flexibility index (Phi) is 4.91. The molecule has 0 fully saturated rings. The van der Waals surface area contributed by atoms with E-state index in [2.05, 4.69) is 16.7 Å². The van der Waals surface area contributed by atoms with Gasteiger partial charge in [-0.2, -0.15) is 0 Å². The lowest BCUT2D eigenvalue weighted by Crippen LogP contribution is -2.00. The molecule has 20 heavy (non-hydrogen) atoms. The molecule has 1 aromatic carbocycles. The molecule has 0 amide bonds. The van der Waals surface area contributed by atoms with Crippen LogP contribution in [-0.4, -0.2) is 14.8 Å². The lowest BCUT2D eigenvalue weighted by Gasteiger charge is -2.06. The molecule has 0 spiro atoms. The fraction of sp³-hybridized carbons (Fsp3) is 0.125. The van der Waals surface area contributed by atoms with Crippen molar-refractivity contribution in [2.24, 2.45) is 0 Å². The van der Waals surface area contributed by atoms with Crippen molar-refractivity contribution < 1.29 is 0 Å². The second-order valence-electron chi connectivity index (χ2n) is 4.07. The van der Waals surface area contributed by atoms with Crippen LogP contribution in [-0.2, 0) is 5.88 Å². The Morgan fingerprint density at radius 3 is 2.70 bits per heavy atom. The molecule has 2 rings (SSSR count). The second kappa shape index (κ2) is 6.87. The first-order valence-electron chi connectivity index (χ1n) is 6.33. The van der Waals surface area contributed by atoms with Crippen molar-refractivity contribution in [3.63, 3.8) is 0 Å². The Hall–Kier alpha value is -2.13. The zero-order valence-electron chi connectivity index (χ0n) is 11.3. The Bertz CT molecular complexity index is 639. The van der Waals surface area contributed by atoms with E-state index in [9.17, 15) is 0 Å². The topological polar surface area (TPSA) is 30.7 Å². The molecule has 2 aromatic rings. The first kappa shape index (κ1) is 14.3. The number of hydrogen-bond acceptors (Lipinski definition) is 2. The van der Waals surface area contributed by atoms with Crippen molar-refractivity contribution in [2.45, 2.75) is 12.8 Å². The monoisotopic (exact) mass is 285 g/mol. The zero-order chi connectivity index (χ0) is 14.4. The van der Waals surface area contributed by atoms with Crippen molar-refractivity contribution in [1.82, 2.24) is 14.8 Å². The number of hydrogen-bond donors (Lipinski definition) is 0. The van der Waals surface area contributed by atoms with Crippen LogP contribution in [0.4, 0.5) is 0 Å². The molecule has 0 atom stereocenters. The molecule has 0 unspecified atom stereocenters. The predicted molar refractivity (Wildman–Crippen MR) is 84.3 cm³/mol. The van der Waals surface area contributed by atoms with Crippen LogP contribution in [0.15, 0.2) is 61.2 Å². The van der Waals surface area contributed by atoms with Gasteiger partial charge in [0.25, 0.3) is 0 Å². The van der Waals surface area contributed by atoms with Crippen LogP contribution in [0.1, 0.15) is 12.7 Å². The van der Waals surface area contributed by atoms with Crippen LogP contribution in [0, 0.1) is 0 Å². The molecule has 0 aliphatic carbocycles. The fourth-order valence-electron chi connectivity index (χ4n) is 1.82. The molecule has 0 N–H and O–H groups in total. The Morgan fingerprint density at radius 1 is 1.35 bits per heavy atom. The summed E-state index contributed by atoms with van der Waals surface area (Å²) in [6, 6.07) is 9.93. The fourth-order valence-corrected chi connectivity index (χ4v) is 1.93. The van der Waals surface area contributed by atoms with Gasteiger partial charge in [-0.05, 0) is 13.0 Å². The first-order chi connectivity index (χ1) is 9.80. The Labute approximate surface area is 123 Å². The van der Waals surface area contributed by atoms with E-state index >= 15 is 0 Å². The van der Waals surface area contributed by atoms with Crippen LogP contribution < -0.4 is 0 Å². The molecule has 4 heteroatoms. The number of rotatable bonds is 5. The van der Waals surface area contributed by atoms with Crippen LogP contribution in [0.3, 0.4) is 0 Å². The van der Waals surface area contributed by atoms with E-state index in [1.54, 1.807) is 10.8 Å². The normalized spacial score (nSPS) is 12.0. The molecule has 3 nitrogen and oxygen atoms in total. The largest absolute Gasteiger partial charge is 0.213 e. The standard InChI is InChI=1S/C16H16ClN3/c1-3-5-11-14(4-2)20-16(18-15(12-17)19-20)13-9-7-6-8-10-13/h3-11H,1,12H2,2H3/b11-5-,14-4+. The van der Waals surface area contributed by atoms with Gasteiger partial charge in [0.05, 0.1) is 11.6 Å². The summed E-state index contributed by atoms with van der Waals surface area (Å²) in [5, 5.41) is 4.45. The van der Waals surface area contributed by atoms with E-state index in [0.717, 1.165) is 17.1 Å². The van der Waals surface area contributed by atoms with Gasteiger partial charge >= 0.3 is 0 Å². The van der Waals surface area contributed by atoms with E-state index in [1.807, 2.05) is 55.5 Å². The van der Waals surface area contributed by atoms with Gasteiger partial charge in [-0.3, -0.25) is 0 Å². The van der Waals surface area contributed by atoms with E-state index in [4.69, 9.17) is 11.6 Å². The number of aromatic nitrogens is 3. The van der Waals surface area contributed by atoms with Gasteiger partial charge in [0.15, 0.2) is 11.6 Å². The summed E-state index contributed by atoms with van der Waals surface area (Å²) in [4.78, 5) is 4.50. The van der Waals surface area contributed by atoms with Gasteiger partial charge < -0.3 is 0 Å². The highest BCUT2D eigenvalue weighted by Gasteiger charge is 2.12. The highest BCUT2D eigenvalue weighted by Crippen LogP contribution is 2.21. The number of nitrogens with zero attached hydrogens (tertiary/aromatic N) is 3. The van der Waals surface area contributed by atoms with Gasteiger partial charge in [-0.1, -0.05) is 55.1 Å². The number of alkyl halides is 1. The second-order valence-corrected chi connectivity index (χ2v) is 4.34. The smallest absolute Gasteiger partial charge is 0.166 e. The molecule has 1 heterocycles. The Morgan fingerprint density at radius 2 is 2.10 bits per heavy atom. The van der Waals surface area contributed by atoms with E-state index < -0.39 is 0 Å². The molecule has 0 saturated carbocycles. The van der Waals surface area contributed by atoms with Crippen LogP contribution >= 0.6 is 11.6 Å². The highest BCUT2D eigenvalue weighted by molar-refractivity contribution is 6.16. The molecule has 0 radical (unpaired) electrons. The summed E-state index contributed by atoms with van der Waals surface area (Å²) >= 11 is 5.86. The zero-order valence-corrected chi connectivity index (χ0v) is 12.1. The summed E-state index contributed by atoms with van der Waals surface area (Å²) in [6.45, 7) is 5.64. The van der Waals surface area contributed by atoms with Crippen LogP contribution in [0.5, 0.6) is 0 Å². The summed E-state index contributed by atoms with van der Waals surface area (Å²) in [5.41, 5.74) is 1.93. The summed E-state index contributed by atoms with van der Waals surface area (Å²) in [7, 11) is 0. The van der Waals surface area contributed by atoms with E-state index in [-0.39, 0.29) is 5.88 Å². The van der Waals surface area contributed by atoms with Gasteiger partial charge in [0.1, 0.15) is 0 Å². The molecule has 102 valence electrons. The van der Waals surface area contributed by atoms with Gasteiger partial charge in [0, 0.05) is 5.56 Å². The number of halogens is 1. The minimum Gasteiger partial charge on any atom is -0.213 e. The predicted octanol–water partition coefficient (Wildman–Crippen LogP) is 4.29. The maximum Gasteiger partial charge on any atom is 0.166 e. The molecule has 0 bridgehead atoms.